The standard InChI is InChI=1S/C32H41FN4O3/c1-32(2)26-20-23(33)11-14-28(26)37(31(32)40)25-15-17-36(18-16-25)30(39)27(13-9-21-7-5-4-6-8-21)35-29(38)22-10-12-24(19-22)34-3/h4-8,11,14,20,22,24-25,27,34H,9-10,12-13,15-19H2,1-3H3,(H,35,38)/t22-,24+,27?/m0/s1. The number of halogens is 1. The number of fused-ring (bicyclic) bond motifs is 1. The van der Waals surface area contributed by atoms with E-state index in [0.717, 1.165) is 30.5 Å². The van der Waals surface area contributed by atoms with Crippen LogP contribution in [0.2, 0.25) is 0 Å². The molecule has 1 saturated carbocycles. The lowest BCUT2D eigenvalue weighted by Gasteiger charge is -2.39. The van der Waals surface area contributed by atoms with Gasteiger partial charge in [0.25, 0.3) is 0 Å². The highest BCUT2D eigenvalue weighted by Gasteiger charge is 2.47. The molecule has 3 amide bonds. The molecule has 0 spiro atoms. The van der Waals surface area contributed by atoms with Gasteiger partial charge in [-0.05, 0) is 95.2 Å². The summed E-state index contributed by atoms with van der Waals surface area (Å²) in [7, 11) is 1.92. The molecular formula is C32H41FN4O3. The second kappa shape index (κ2) is 11.7. The Bertz CT molecular complexity index is 1240. The number of anilines is 1. The normalized spacial score (nSPS) is 23.2. The van der Waals surface area contributed by atoms with Crippen molar-refractivity contribution in [3.63, 3.8) is 0 Å². The largest absolute Gasteiger partial charge is 0.344 e. The Morgan fingerprint density at radius 1 is 1.05 bits per heavy atom. The number of rotatable bonds is 8. The van der Waals surface area contributed by atoms with Crippen LogP contribution >= 0.6 is 0 Å². The lowest BCUT2D eigenvalue weighted by atomic mass is 9.86. The van der Waals surface area contributed by atoms with Crippen molar-refractivity contribution in [2.24, 2.45) is 5.92 Å². The van der Waals surface area contributed by atoms with Gasteiger partial charge in [0, 0.05) is 36.8 Å². The summed E-state index contributed by atoms with van der Waals surface area (Å²) in [5.74, 6) is -0.536. The fourth-order valence-electron chi connectivity index (χ4n) is 6.66. The van der Waals surface area contributed by atoms with Crippen LogP contribution in [0.5, 0.6) is 0 Å². The van der Waals surface area contributed by atoms with Crippen molar-refractivity contribution in [2.45, 2.75) is 82.3 Å². The van der Waals surface area contributed by atoms with Crippen LogP contribution in [-0.2, 0) is 26.2 Å². The maximum Gasteiger partial charge on any atom is 0.245 e. The first-order chi connectivity index (χ1) is 19.2. The van der Waals surface area contributed by atoms with Gasteiger partial charge in [0.2, 0.25) is 17.7 Å². The monoisotopic (exact) mass is 548 g/mol. The number of hydrogen-bond donors (Lipinski definition) is 2. The van der Waals surface area contributed by atoms with E-state index in [1.54, 1.807) is 6.07 Å². The van der Waals surface area contributed by atoms with Crippen molar-refractivity contribution >= 4 is 23.4 Å². The highest BCUT2D eigenvalue weighted by atomic mass is 19.1. The number of amides is 3. The molecule has 3 aliphatic rings. The Balaban J connectivity index is 1.26. The molecule has 0 aromatic heterocycles. The number of carbonyl (C=O) groups excluding carboxylic acids is 3. The molecule has 2 aromatic carbocycles. The zero-order valence-corrected chi connectivity index (χ0v) is 23.8. The molecule has 2 N–H and O–H groups in total. The molecule has 40 heavy (non-hydrogen) atoms. The van der Waals surface area contributed by atoms with Gasteiger partial charge < -0.3 is 20.4 Å². The van der Waals surface area contributed by atoms with Crippen molar-refractivity contribution in [1.29, 1.82) is 0 Å². The predicted octanol–water partition coefficient (Wildman–Crippen LogP) is 3.95. The van der Waals surface area contributed by atoms with Crippen LogP contribution in [0.4, 0.5) is 10.1 Å². The van der Waals surface area contributed by atoms with Gasteiger partial charge in [-0.3, -0.25) is 14.4 Å². The third-order valence-corrected chi connectivity index (χ3v) is 9.18. The van der Waals surface area contributed by atoms with Gasteiger partial charge in [0.1, 0.15) is 11.9 Å². The third kappa shape index (κ3) is 5.64. The van der Waals surface area contributed by atoms with Crippen molar-refractivity contribution in [2.75, 3.05) is 25.0 Å². The molecule has 0 bridgehead atoms. The summed E-state index contributed by atoms with van der Waals surface area (Å²) in [5, 5.41) is 6.38. The second-order valence-corrected chi connectivity index (χ2v) is 12.1. The SMILES string of the molecule is CN[C@@H]1CC[C@H](C(=O)NC(CCc2ccccc2)C(=O)N2CCC(N3C(=O)C(C)(C)c4cc(F)ccc43)CC2)C1. The van der Waals surface area contributed by atoms with E-state index in [-0.39, 0.29) is 35.5 Å². The Hall–Kier alpha value is -3.26. The number of nitrogens with zero attached hydrogens (tertiary/aromatic N) is 2. The fraction of sp³-hybridized carbons (Fsp3) is 0.531. The van der Waals surface area contributed by atoms with Gasteiger partial charge in [-0.25, -0.2) is 4.39 Å². The highest BCUT2D eigenvalue weighted by molar-refractivity contribution is 6.08. The van der Waals surface area contributed by atoms with E-state index in [0.29, 0.717) is 50.4 Å². The van der Waals surface area contributed by atoms with Crippen molar-refractivity contribution < 1.29 is 18.8 Å². The van der Waals surface area contributed by atoms with Gasteiger partial charge >= 0.3 is 0 Å². The molecule has 2 heterocycles. The highest BCUT2D eigenvalue weighted by Crippen LogP contribution is 2.44. The summed E-state index contributed by atoms with van der Waals surface area (Å²) in [6.07, 6.45) is 5.09. The second-order valence-electron chi connectivity index (χ2n) is 12.1. The molecule has 2 aromatic rings. The van der Waals surface area contributed by atoms with Crippen LogP contribution in [0.3, 0.4) is 0 Å². The molecule has 8 heteroatoms. The van der Waals surface area contributed by atoms with E-state index in [1.165, 1.54) is 12.1 Å². The number of benzene rings is 2. The smallest absolute Gasteiger partial charge is 0.245 e. The number of nitrogens with one attached hydrogen (secondary N) is 2. The Labute approximate surface area is 236 Å². The van der Waals surface area contributed by atoms with Crippen LogP contribution in [-0.4, -0.2) is 60.9 Å². The Morgan fingerprint density at radius 2 is 1.77 bits per heavy atom. The van der Waals surface area contributed by atoms with Crippen LogP contribution in [0.1, 0.15) is 63.5 Å². The number of piperidine rings is 1. The molecule has 1 aliphatic carbocycles. The third-order valence-electron chi connectivity index (χ3n) is 9.18. The summed E-state index contributed by atoms with van der Waals surface area (Å²) in [4.78, 5) is 44.1. The average molecular weight is 549 g/mol. The maximum atomic E-state index is 14.0. The first-order valence-corrected chi connectivity index (χ1v) is 14.6. The van der Waals surface area contributed by atoms with Gasteiger partial charge in [-0.2, -0.15) is 0 Å². The Kier molecular flexibility index (Phi) is 8.26. The number of likely N-dealkylation sites (tertiary alicyclic amines) is 1. The van der Waals surface area contributed by atoms with Crippen LogP contribution < -0.4 is 15.5 Å². The topological polar surface area (TPSA) is 81.8 Å². The van der Waals surface area contributed by atoms with E-state index >= 15 is 0 Å². The first kappa shape index (κ1) is 28.3. The van der Waals surface area contributed by atoms with E-state index in [2.05, 4.69) is 10.6 Å². The quantitative estimate of drug-likeness (QED) is 0.524. The molecule has 3 atom stereocenters. The Morgan fingerprint density at radius 3 is 2.45 bits per heavy atom. The summed E-state index contributed by atoms with van der Waals surface area (Å²) in [6.45, 7) is 4.70. The summed E-state index contributed by atoms with van der Waals surface area (Å²) < 4.78 is 14.0. The van der Waals surface area contributed by atoms with Crippen molar-refractivity contribution in [3.8, 4) is 0 Å². The van der Waals surface area contributed by atoms with E-state index in [4.69, 9.17) is 0 Å². The van der Waals surface area contributed by atoms with Gasteiger partial charge in [0.15, 0.2) is 0 Å². The van der Waals surface area contributed by atoms with Crippen molar-refractivity contribution in [1.82, 2.24) is 15.5 Å². The lowest BCUT2D eigenvalue weighted by Crippen LogP contribution is -2.54. The van der Waals surface area contributed by atoms with Gasteiger partial charge in [-0.1, -0.05) is 30.3 Å². The summed E-state index contributed by atoms with van der Waals surface area (Å²) in [5.41, 5.74) is 1.83. The number of carbonyl (C=O) groups is 3. The molecule has 7 nitrogen and oxygen atoms in total. The number of aryl methyl sites for hydroxylation is 1. The lowest BCUT2D eigenvalue weighted by molar-refractivity contribution is -0.138. The summed E-state index contributed by atoms with van der Waals surface area (Å²) >= 11 is 0. The maximum absolute atomic E-state index is 14.0. The molecule has 1 saturated heterocycles. The zero-order chi connectivity index (χ0) is 28.4. The van der Waals surface area contributed by atoms with E-state index in [1.807, 2.05) is 61.0 Å². The minimum atomic E-state index is -0.788. The molecule has 0 radical (unpaired) electrons. The fourth-order valence-corrected chi connectivity index (χ4v) is 6.66. The van der Waals surface area contributed by atoms with Crippen molar-refractivity contribution in [3.05, 3.63) is 65.5 Å². The minimum Gasteiger partial charge on any atom is -0.344 e. The molecule has 2 aliphatic heterocycles. The molecule has 2 fully saturated rings. The van der Waals surface area contributed by atoms with Crippen LogP contribution in [0, 0.1) is 11.7 Å². The van der Waals surface area contributed by atoms with Gasteiger partial charge in [-0.15, -0.1) is 0 Å². The number of hydrogen-bond acceptors (Lipinski definition) is 4. The molecule has 5 rings (SSSR count). The van der Waals surface area contributed by atoms with Crippen LogP contribution in [0.25, 0.3) is 0 Å². The van der Waals surface area contributed by atoms with Gasteiger partial charge in [0.05, 0.1) is 5.41 Å². The average Bonchev–Trinajstić information content (AvgIpc) is 3.52. The zero-order valence-electron chi connectivity index (χ0n) is 23.8. The first-order valence-electron chi connectivity index (χ1n) is 14.6. The summed E-state index contributed by atoms with van der Waals surface area (Å²) in [6, 6.07) is 14.3. The van der Waals surface area contributed by atoms with E-state index in [9.17, 15) is 18.8 Å². The van der Waals surface area contributed by atoms with E-state index < -0.39 is 11.5 Å². The molecule has 214 valence electrons. The minimum absolute atomic E-state index is 0.0256. The van der Waals surface area contributed by atoms with Crippen LogP contribution in [0.15, 0.2) is 48.5 Å². The molecule has 1 unspecified atom stereocenters. The predicted molar refractivity (Wildman–Crippen MR) is 153 cm³/mol. The molecular weight excluding hydrogens is 507 g/mol.